The number of hydrogen-bond donors (Lipinski definition) is 1. The summed E-state index contributed by atoms with van der Waals surface area (Å²) in [5.41, 5.74) is 2.57. The van der Waals surface area contributed by atoms with Gasteiger partial charge < -0.3 is 14.8 Å². The molecule has 0 fully saturated rings. The molecule has 3 aromatic carbocycles. The molecule has 0 amide bonds. The SMILES string of the molecule is COc1cccc(CNc2ccc(F)c(Cl)c2)c1OCc1cccc(Cl)c1. The first kappa shape index (κ1) is 19.3. The highest BCUT2D eigenvalue weighted by Crippen LogP contribution is 2.32. The van der Waals surface area contributed by atoms with Gasteiger partial charge in [0.1, 0.15) is 12.4 Å². The number of rotatable bonds is 7. The Labute approximate surface area is 167 Å². The van der Waals surface area contributed by atoms with Gasteiger partial charge in [-0.3, -0.25) is 0 Å². The van der Waals surface area contributed by atoms with Gasteiger partial charge in [-0.25, -0.2) is 4.39 Å². The average Bonchev–Trinajstić information content (AvgIpc) is 2.67. The molecule has 140 valence electrons. The number of nitrogens with one attached hydrogen (secondary N) is 1. The van der Waals surface area contributed by atoms with E-state index in [1.54, 1.807) is 19.2 Å². The standard InChI is InChI=1S/C21H18Cl2FNO2/c1-26-20-7-3-5-15(12-25-17-8-9-19(24)18(23)11-17)21(20)27-13-14-4-2-6-16(22)10-14/h2-11,25H,12-13H2,1H3. The quantitative estimate of drug-likeness (QED) is 0.497. The molecule has 0 saturated heterocycles. The molecule has 0 aromatic heterocycles. The Morgan fingerprint density at radius 2 is 1.81 bits per heavy atom. The van der Waals surface area contributed by atoms with E-state index in [1.807, 2.05) is 42.5 Å². The topological polar surface area (TPSA) is 30.5 Å². The van der Waals surface area contributed by atoms with E-state index >= 15 is 0 Å². The fraction of sp³-hybridized carbons (Fsp3) is 0.143. The van der Waals surface area contributed by atoms with Crippen LogP contribution in [0.2, 0.25) is 10.0 Å². The summed E-state index contributed by atoms with van der Waals surface area (Å²) < 4.78 is 24.8. The molecular formula is C21H18Cl2FNO2. The number of halogens is 3. The molecule has 3 rings (SSSR count). The lowest BCUT2D eigenvalue weighted by molar-refractivity contribution is 0.281. The number of anilines is 1. The smallest absolute Gasteiger partial charge is 0.166 e. The molecule has 0 spiro atoms. The molecule has 0 unspecified atom stereocenters. The zero-order valence-corrected chi connectivity index (χ0v) is 16.1. The molecule has 0 atom stereocenters. The predicted molar refractivity (Wildman–Crippen MR) is 108 cm³/mol. The lowest BCUT2D eigenvalue weighted by atomic mass is 10.1. The molecule has 6 heteroatoms. The summed E-state index contributed by atoms with van der Waals surface area (Å²) in [6, 6.07) is 17.7. The van der Waals surface area contributed by atoms with Gasteiger partial charge in [0, 0.05) is 22.8 Å². The van der Waals surface area contributed by atoms with E-state index in [0.29, 0.717) is 35.4 Å². The van der Waals surface area contributed by atoms with Crippen LogP contribution in [0, 0.1) is 5.82 Å². The van der Waals surface area contributed by atoms with Crippen LogP contribution in [-0.2, 0) is 13.2 Å². The number of hydrogen-bond acceptors (Lipinski definition) is 3. The number of methoxy groups -OCH3 is 1. The maximum Gasteiger partial charge on any atom is 0.166 e. The highest BCUT2D eigenvalue weighted by atomic mass is 35.5. The van der Waals surface area contributed by atoms with Gasteiger partial charge in [-0.05, 0) is 42.0 Å². The van der Waals surface area contributed by atoms with Gasteiger partial charge in [0.05, 0.1) is 12.1 Å². The first-order chi connectivity index (χ1) is 13.1. The van der Waals surface area contributed by atoms with E-state index in [1.165, 1.54) is 6.07 Å². The molecule has 3 nitrogen and oxygen atoms in total. The van der Waals surface area contributed by atoms with E-state index in [4.69, 9.17) is 32.7 Å². The average molecular weight is 406 g/mol. The van der Waals surface area contributed by atoms with Crippen LogP contribution >= 0.6 is 23.2 Å². The van der Waals surface area contributed by atoms with Gasteiger partial charge in [0.25, 0.3) is 0 Å². The molecule has 0 aliphatic carbocycles. The largest absolute Gasteiger partial charge is 0.493 e. The van der Waals surface area contributed by atoms with Crippen molar-refractivity contribution in [1.29, 1.82) is 0 Å². The maximum absolute atomic E-state index is 13.3. The van der Waals surface area contributed by atoms with E-state index < -0.39 is 5.82 Å². The van der Waals surface area contributed by atoms with Crippen molar-refractivity contribution in [1.82, 2.24) is 0 Å². The number of ether oxygens (including phenoxy) is 2. The Hall–Kier alpha value is -2.43. The molecule has 0 aliphatic rings. The Balaban J connectivity index is 1.77. The second-order valence-electron chi connectivity index (χ2n) is 5.85. The van der Waals surface area contributed by atoms with E-state index in [0.717, 1.165) is 11.1 Å². The van der Waals surface area contributed by atoms with Gasteiger partial charge >= 0.3 is 0 Å². The zero-order valence-electron chi connectivity index (χ0n) is 14.6. The Morgan fingerprint density at radius 1 is 1.00 bits per heavy atom. The summed E-state index contributed by atoms with van der Waals surface area (Å²) in [7, 11) is 1.60. The maximum atomic E-state index is 13.3. The van der Waals surface area contributed by atoms with Crippen LogP contribution in [-0.4, -0.2) is 7.11 Å². The first-order valence-corrected chi connectivity index (χ1v) is 9.04. The third kappa shape index (κ3) is 5.06. The Morgan fingerprint density at radius 3 is 2.56 bits per heavy atom. The molecule has 0 bridgehead atoms. The van der Waals surface area contributed by atoms with E-state index in [-0.39, 0.29) is 5.02 Å². The molecule has 0 radical (unpaired) electrons. The summed E-state index contributed by atoms with van der Waals surface area (Å²) in [5.74, 6) is 0.822. The molecule has 1 N–H and O–H groups in total. The minimum absolute atomic E-state index is 0.0723. The highest BCUT2D eigenvalue weighted by Gasteiger charge is 2.11. The van der Waals surface area contributed by atoms with Gasteiger partial charge in [0.15, 0.2) is 11.5 Å². The van der Waals surface area contributed by atoms with Crippen molar-refractivity contribution in [2.75, 3.05) is 12.4 Å². The van der Waals surface area contributed by atoms with Gasteiger partial charge in [0.2, 0.25) is 0 Å². The summed E-state index contributed by atoms with van der Waals surface area (Å²) in [6.07, 6.45) is 0. The van der Waals surface area contributed by atoms with Crippen molar-refractivity contribution >= 4 is 28.9 Å². The number of benzene rings is 3. The lowest BCUT2D eigenvalue weighted by Crippen LogP contribution is -2.05. The fourth-order valence-electron chi connectivity index (χ4n) is 2.61. The third-order valence-electron chi connectivity index (χ3n) is 3.96. The fourth-order valence-corrected chi connectivity index (χ4v) is 3.00. The predicted octanol–water partition coefficient (Wildman–Crippen LogP) is 6.33. The van der Waals surface area contributed by atoms with Crippen LogP contribution in [0.4, 0.5) is 10.1 Å². The van der Waals surface area contributed by atoms with Crippen molar-refractivity contribution in [3.05, 3.63) is 87.7 Å². The summed E-state index contributed by atoms with van der Waals surface area (Å²) in [5, 5.41) is 3.95. The number of para-hydroxylation sites is 1. The highest BCUT2D eigenvalue weighted by molar-refractivity contribution is 6.31. The molecular weight excluding hydrogens is 388 g/mol. The first-order valence-electron chi connectivity index (χ1n) is 8.29. The van der Waals surface area contributed by atoms with Crippen molar-refractivity contribution in [2.24, 2.45) is 0 Å². The zero-order chi connectivity index (χ0) is 19.2. The second-order valence-corrected chi connectivity index (χ2v) is 6.69. The van der Waals surface area contributed by atoms with Crippen LogP contribution in [0.5, 0.6) is 11.5 Å². The van der Waals surface area contributed by atoms with Crippen LogP contribution in [0.25, 0.3) is 0 Å². The van der Waals surface area contributed by atoms with E-state index in [9.17, 15) is 4.39 Å². The van der Waals surface area contributed by atoms with Crippen LogP contribution in [0.1, 0.15) is 11.1 Å². The summed E-state index contributed by atoms with van der Waals surface area (Å²) in [4.78, 5) is 0. The monoisotopic (exact) mass is 405 g/mol. The third-order valence-corrected chi connectivity index (χ3v) is 4.48. The molecule has 3 aromatic rings. The lowest BCUT2D eigenvalue weighted by Gasteiger charge is -2.16. The minimum atomic E-state index is -0.450. The van der Waals surface area contributed by atoms with Crippen molar-refractivity contribution in [3.63, 3.8) is 0 Å². The molecule has 0 heterocycles. The molecule has 27 heavy (non-hydrogen) atoms. The second kappa shape index (κ2) is 8.98. The Kier molecular flexibility index (Phi) is 6.43. The van der Waals surface area contributed by atoms with Crippen LogP contribution < -0.4 is 14.8 Å². The van der Waals surface area contributed by atoms with Gasteiger partial charge in [-0.1, -0.05) is 47.5 Å². The van der Waals surface area contributed by atoms with Crippen molar-refractivity contribution in [2.45, 2.75) is 13.2 Å². The van der Waals surface area contributed by atoms with Crippen LogP contribution in [0.15, 0.2) is 60.7 Å². The Bertz CT molecular complexity index is 934. The summed E-state index contributed by atoms with van der Waals surface area (Å²) in [6.45, 7) is 0.820. The van der Waals surface area contributed by atoms with Gasteiger partial charge in [-0.2, -0.15) is 0 Å². The van der Waals surface area contributed by atoms with Gasteiger partial charge in [-0.15, -0.1) is 0 Å². The van der Waals surface area contributed by atoms with Crippen LogP contribution in [0.3, 0.4) is 0 Å². The minimum Gasteiger partial charge on any atom is -0.493 e. The van der Waals surface area contributed by atoms with Crippen molar-refractivity contribution in [3.8, 4) is 11.5 Å². The molecule has 0 aliphatic heterocycles. The molecule has 0 saturated carbocycles. The van der Waals surface area contributed by atoms with Crippen molar-refractivity contribution < 1.29 is 13.9 Å². The summed E-state index contributed by atoms with van der Waals surface area (Å²) >= 11 is 11.9. The van der Waals surface area contributed by atoms with E-state index in [2.05, 4.69) is 5.32 Å². The normalized spacial score (nSPS) is 10.5.